The van der Waals surface area contributed by atoms with Crippen LogP contribution < -0.4 is 11.5 Å². The largest absolute Gasteiger partial charge is 0.506 e. The molecule has 0 bridgehead atoms. The Morgan fingerprint density at radius 3 is 2.62 bits per heavy atom. The van der Waals surface area contributed by atoms with Crippen LogP contribution in [0.3, 0.4) is 0 Å². The van der Waals surface area contributed by atoms with Crippen LogP contribution in [0.15, 0.2) is 18.2 Å². The van der Waals surface area contributed by atoms with Gasteiger partial charge in [-0.25, -0.2) is 0 Å². The Morgan fingerprint density at radius 1 is 1.54 bits per heavy atom. The molecule has 4 nitrogen and oxygen atoms in total. The molecule has 0 saturated heterocycles. The molecule has 4 heteroatoms. The van der Waals surface area contributed by atoms with E-state index in [0.717, 1.165) is 0 Å². The van der Waals surface area contributed by atoms with Crippen molar-refractivity contribution in [1.82, 2.24) is 0 Å². The van der Waals surface area contributed by atoms with Crippen LogP contribution in [0.25, 0.3) is 0 Å². The lowest BCUT2D eigenvalue weighted by Gasteiger charge is -2.08. The predicted octanol–water partition coefficient (Wildman–Crippen LogP) is 0.563. The number of carbonyl (C=O) groups is 1. The smallest absolute Gasteiger partial charge is 0.224 e. The average Bonchev–Trinajstić information content (AvgIpc) is 2.08. The second kappa shape index (κ2) is 3.35. The van der Waals surface area contributed by atoms with Gasteiger partial charge in [-0.3, -0.25) is 4.79 Å². The highest BCUT2D eigenvalue weighted by Crippen LogP contribution is 2.25. The fourth-order valence-corrected chi connectivity index (χ4v) is 0.994. The molecule has 13 heavy (non-hydrogen) atoms. The summed E-state index contributed by atoms with van der Waals surface area (Å²) in [6, 6.07) is 4.67. The summed E-state index contributed by atoms with van der Waals surface area (Å²) in [4.78, 5) is 10.8. The first kappa shape index (κ1) is 9.38. The number of nitrogens with two attached hydrogens (primary N) is 2. The fourth-order valence-electron chi connectivity index (χ4n) is 0.994. The molecule has 1 rings (SSSR count). The summed E-state index contributed by atoms with van der Waals surface area (Å²) < 4.78 is 0. The van der Waals surface area contributed by atoms with Crippen LogP contribution in [0.1, 0.15) is 18.4 Å². The average molecular weight is 180 g/mol. The van der Waals surface area contributed by atoms with Gasteiger partial charge in [0.2, 0.25) is 5.91 Å². The first-order chi connectivity index (χ1) is 6.02. The van der Waals surface area contributed by atoms with E-state index < -0.39 is 11.8 Å². The van der Waals surface area contributed by atoms with Gasteiger partial charge < -0.3 is 16.6 Å². The third kappa shape index (κ3) is 1.90. The third-order valence-electron chi connectivity index (χ3n) is 1.98. The van der Waals surface area contributed by atoms with Crippen molar-refractivity contribution in [2.45, 2.75) is 12.8 Å². The Labute approximate surface area is 76.2 Å². The SMILES string of the molecule is CC(C(N)=O)c1ccc(N)c(O)c1. The lowest BCUT2D eigenvalue weighted by Crippen LogP contribution is -2.18. The van der Waals surface area contributed by atoms with Crippen molar-refractivity contribution in [3.05, 3.63) is 23.8 Å². The zero-order valence-electron chi connectivity index (χ0n) is 7.32. The third-order valence-corrected chi connectivity index (χ3v) is 1.98. The van der Waals surface area contributed by atoms with Gasteiger partial charge in [0.05, 0.1) is 11.6 Å². The van der Waals surface area contributed by atoms with Crippen LogP contribution in [-0.2, 0) is 4.79 Å². The zero-order valence-corrected chi connectivity index (χ0v) is 7.32. The molecule has 1 aromatic rings. The van der Waals surface area contributed by atoms with E-state index in [9.17, 15) is 9.90 Å². The monoisotopic (exact) mass is 180 g/mol. The van der Waals surface area contributed by atoms with E-state index in [4.69, 9.17) is 11.5 Å². The molecule has 1 atom stereocenters. The molecular formula is C9H12N2O2. The molecule has 0 fully saturated rings. The number of nitrogen functional groups attached to an aromatic ring is 1. The highest BCUT2D eigenvalue weighted by atomic mass is 16.3. The number of hydrogen-bond donors (Lipinski definition) is 3. The molecule has 0 saturated carbocycles. The number of primary amides is 1. The molecule has 0 radical (unpaired) electrons. The summed E-state index contributed by atoms with van der Waals surface area (Å²) in [5.41, 5.74) is 11.5. The standard InChI is InChI=1S/C9H12N2O2/c1-5(9(11)13)6-2-3-7(10)8(12)4-6/h2-5,12H,10H2,1H3,(H2,11,13). The molecule has 1 unspecified atom stereocenters. The van der Waals surface area contributed by atoms with Crippen molar-refractivity contribution in [2.24, 2.45) is 5.73 Å². The normalized spacial score (nSPS) is 12.4. The van der Waals surface area contributed by atoms with Crippen LogP contribution in [0.2, 0.25) is 0 Å². The molecule has 0 spiro atoms. The minimum absolute atomic E-state index is 0.0226. The molecule has 0 aliphatic heterocycles. The Kier molecular flexibility index (Phi) is 2.41. The summed E-state index contributed by atoms with van der Waals surface area (Å²) in [5, 5.41) is 9.25. The van der Waals surface area contributed by atoms with Gasteiger partial charge in [-0.1, -0.05) is 6.07 Å². The zero-order chi connectivity index (χ0) is 10.0. The van der Waals surface area contributed by atoms with Crippen LogP contribution >= 0.6 is 0 Å². The predicted molar refractivity (Wildman–Crippen MR) is 50.1 cm³/mol. The maximum atomic E-state index is 10.8. The van der Waals surface area contributed by atoms with Gasteiger partial charge >= 0.3 is 0 Å². The molecule has 0 aliphatic rings. The van der Waals surface area contributed by atoms with Crippen molar-refractivity contribution in [3.8, 4) is 5.75 Å². The highest BCUT2D eigenvalue weighted by molar-refractivity contribution is 5.81. The minimum atomic E-state index is -0.427. The van der Waals surface area contributed by atoms with Gasteiger partial charge in [0.25, 0.3) is 0 Å². The van der Waals surface area contributed by atoms with E-state index in [1.165, 1.54) is 6.07 Å². The number of anilines is 1. The van der Waals surface area contributed by atoms with Crippen molar-refractivity contribution in [1.29, 1.82) is 0 Å². The Hall–Kier alpha value is -1.71. The number of benzene rings is 1. The maximum absolute atomic E-state index is 10.8. The van der Waals surface area contributed by atoms with E-state index in [1.807, 2.05) is 0 Å². The molecule has 0 aliphatic carbocycles. The van der Waals surface area contributed by atoms with Crippen molar-refractivity contribution < 1.29 is 9.90 Å². The van der Waals surface area contributed by atoms with E-state index >= 15 is 0 Å². The van der Waals surface area contributed by atoms with Gasteiger partial charge in [-0.2, -0.15) is 0 Å². The summed E-state index contributed by atoms with van der Waals surface area (Å²) in [6.45, 7) is 1.67. The van der Waals surface area contributed by atoms with Gasteiger partial charge in [0, 0.05) is 0 Å². The van der Waals surface area contributed by atoms with Gasteiger partial charge in [0.1, 0.15) is 5.75 Å². The van der Waals surface area contributed by atoms with Gasteiger partial charge in [-0.05, 0) is 24.6 Å². The summed E-state index contributed by atoms with van der Waals surface area (Å²) in [5.74, 6) is -0.860. The molecule has 1 aromatic carbocycles. The fraction of sp³-hybridized carbons (Fsp3) is 0.222. The summed E-state index contributed by atoms with van der Waals surface area (Å²) >= 11 is 0. The second-order valence-corrected chi connectivity index (χ2v) is 2.94. The van der Waals surface area contributed by atoms with Crippen molar-refractivity contribution in [2.75, 3.05) is 5.73 Å². The lowest BCUT2D eigenvalue weighted by molar-refractivity contribution is -0.119. The molecule has 0 heterocycles. The first-order valence-electron chi connectivity index (χ1n) is 3.90. The Balaban J connectivity index is 3.03. The number of phenolic OH excluding ortho intramolecular Hbond substituents is 1. The molecule has 0 aromatic heterocycles. The number of rotatable bonds is 2. The van der Waals surface area contributed by atoms with E-state index in [1.54, 1.807) is 19.1 Å². The topological polar surface area (TPSA) is 89.3 Å². The van der Waals surface area contributed by atoms with E-state index in [2.05, 4.69) is 0 Å². The van der Waals surface area contributed by atoms with Crippen molar-refractivity contribution in [3.63, 3.8) is 0 Å². The molecule has 70 valence electrons. The number of phenols is 1. The van der Waals surface area contributed by atoms with Crippen LogP contribution in [0.4, 0.5) is 5.69 Å². The number of aromatic hydroxyl groups is 1. The van der Waals surface area contributed by atoms with Crippen LogP contribution in [-0.4, -0.2) is 11.0 Å². The molecular weight excluding hydrogens is 168 g/mol. The van der Waals surface area contributed by atoms with Crippen LogP contribution in [0, 0.1) is 0 Å². The quantitative estimate of drug-likeness (QED) is 0.459. The lowest BCUT2D eigenvalue weighted by atomic mass is 10.0. The first-order valence-corrected chi connectivity index (χ1v) is 3.90. The molecule has 1 amide bonds. The van der Waals surface area contributed by atoms with Gasteiger partial charge in [-0.15, -0.1) is 0 Å². The minimum Gasteiger partial charge on any atom is -0.506 e. The highest BCUT2D eigenvalue weighted by Gasteiger charge is 2.12. The van der Waals surface area contributed by atoms with Gasteiger partial charge in [0.15, 0.2) is 0 Å². The molecule has 5 N–H and O–H groups in total. The van der Waals surface area contributed by atoms with E-state index in [-0.39, 0.29) is 5.75 Å². The number of amides is 1. The second-order valence-electron chi connectivity index (χ2n) is 2.94. The van der Waals surface area contributed by atoms with E-state index in [0.29, 0.717) is 11.3 Å². The Morgan fingerprint density at radius 2 is 2.15 bits per heavy atom. The van der Waals surface area contributed by atoms with Crippen LogP contribution in [0.5, 0.6) is 5.75 Å². The maximum Gasteiger partial charge on any atom is 0.224 e. The Bertz CT molecular complexity index is 336. The number of hydrogen-bond acceptors (Lipinski definition) is 3. The van der Waals surface area contributed by atoms with Crippen molar-refractivity contribution >= 4 is 11.6 Å². The summed E-state index contributed by atoms with van der Waals surface area (Å²) in [6.07, 6.45) is 0. The summed E-state index contributed by atoms with van der Waals surface area (Å²) in [7, 11) is 0. The number of carbonyl (C=O) groups excluding carboxylic acids is 1.